The number of rotatable bonds is 5. The summed E-state index contributed by atoms with van der Waals surface area (Å²) in [6, 6.07) is 8.94. The predicted molar refractivity (Wildman–Crippen MR) is 74.6 cm³/mol. The maximum atomic E-state index is 6.13. The Morgan fingerprint density at radius 3 is 2.65 bits per heavy atom. The minimum absolute atomic E-state index is 0.773. The standard InChI is InChI=1S/C15H22ClN/c16-15-11-5-4-7-13(15)8-6-12-17-14-9-2-1-3-10-14/h4-5,7,11,14,17H,1-3,6,8-10,12H2. The third kappa shape index (κ3) is 4.33. The average Bonchev–Trinajstić information content (AvgIpc) is 2.38. The summed E-state index contributed by atoms with van der Waals surface area (Å²) in [5, 5.41) is 4.58. The van der Waals surface area contributed by atoms with Crippen LogP contribution in [0.4, 0.5) is 0 Å². The summed E-state index contributed by atoms with van der Waals surface area (Å²) in [6.07, 6.45) is 9.24. The molecule has 0 bridgehead atoms. The minimum Gasteiger partial charge on any atom is -0.314 e. The van der Waals surface area contributed by atoms with Crippen LogP contribution < -0.4 is 5.32 Å². The molecule has 1 aliphatic carbocycles. The molecule has 0 aromatic heterocycles. The van der Waals surface area contributed by atoms with Gasteiger partial charge in [0.05, 0.1) is 0 Å². The molecular weight excluding hydrogens is 230 g/mol. The lowest BCUT2D eigenvalue weighted by Gasteiger charge is -2.22. The molecule has 0 amide bonds. The molecule has 0 unspecified atom stereocenters. The predicted octanol–water partition coefficient (Wildman–Crippen LogP) is 4.19. The fraction of sp³-hybridized carbons (Fsp3) is 0.600. The molecule has 94 valence electrons. The molecule has 2 heteroatoms. The van der Waals surface area contributed by atoms with Crippen molar-refractivity contribution >= 4 is 11.6 Å². The molecule has 1 aromatic rings. The Labute approximate surface area is 110 Å². The van der Waals surface area contributed by atoms with Crippen molar-refractivity contribution in [2.24, 2.45) is 0 Å². The lowest BCUT2D eigenvalue weighted by molar-refractivity contribution is 0.372. The van der Waals surface area contributed by atoms with E-state index < -0.39 is 0 Å². The van der Waals surface area contributed by atoms with Gasteiger partial charge in [0.1, 0.15) is 0 Å². The molecule has 1 nitrogen and oxygen atoms in total. The van der Waals surface area contributed by atoms with Crippen LogP contribution in [0, 0.1) is 0 Å². The van der Waals surface area contributed by atoms with Gasteiger partial charge in [0.15, 0.2) is 0 Å². The molecule has 1 aromatic carbocycles. The fourth-order valence-corrected chi connectivity index (χ4v) is 2.82. The summed E-state index contributed by atoms with van der Waals surface area (Å²) in [6.45, 7) is 1.12. The van der Waals surface area contributed by atoms with Crippen molar-refractivity contribution in [3.8, 4) is 0 Å². The molecule has 0 saturated heterocycles. The highest BCUT2D eigenvalue weighted by molar-refractivity contribution is 6.31. The summed E-state index contributed by atoms with van der Waals surface area (Å²) >= 11 is 6.13. The topological polar surface area (TPSA) is 12.0 Å². The van der Waals surface area contributed by atoms with Gasteiger partial charge in [-0.25, -0.2) is 0 Å². The zero-order chi connectivity index (χ0) is 11.9. The Bertz CT molecular complexity index is 331. The highest BCUT2D eigenvalue weighted by Gasteiger charge is 2.11. The lowest BCUT2D eigenvalue weighted by Crippen LogP contribution is -2.31. The minimum atomic E-state index is 0.773. The molecular formula is C15H22ClN. The summed E-state index contributed by atoms with van der Waals surface area (Å²) in [4.78, 5) is 0. The van der Waals surface area contributed by atoms with Gasteiger partial charge in [-0.1, -0.05) is 49.1 Å². The molecule has 0 heterocycles. The van der Waals surface area contributed by atoms with Crippen LogP contribution >= 0.6 is 11.6 Å². The van der Waals surface area contributed by atoms with E-state index in [0.29, 0.717) is 0 Å². The molecule has 1 saturated carbocycles. The molecule has 1 N–H and O–H groups in total. The number of hydrogen-bond acceptors (Lipinski definition) is 1. The van der Waals surface area contributed by atoms with Crippen molar-refractivity contribution in [1.82, 2.24) is 5.32 Å². The largest absolute Gasteiger partial charge is 0.314 e. The molecule has 0 spiro atoms. The zero-order valence-electron chi connectivity index (χ0n) is 10.4. The van der Waals surface area contributed by atoms with Gasteiger partial charge in [0.2, 0.25) is 0 Å². The molecule has 0 atom stereocenters. The monoisotopic (exact) mass is 251 g/mol. The Hall–Kier alpha value is -0.530. The van der Waals surface area contributed by atoms with Crippen LogP contribution in [0.15, 0.2) is 24.3 Å². The Morgan fingerprint density at radius 1 is 1.12 bits per heavy atom. The van der Waals surface area contributed by atoms with Crippen LogP contribution in [0.1, 0.15) is 44.1 Å². The highest BCUT2D eigenvalue weighted by atomic mass is 35.5. The van der Waals surface area contributed by atoms with Crippen LogP contribution in [0.2, 0.25) is 5.02 Å². The van der Waals surface area contributed by atoms with Gasteiger partial charge in [0.25, 0.3) is 0 Å². The maximum Gasteiger partial charge on any atom is 0.0437 e. The molecule has 1 aliphatic rings. The third-order valence-corrected chi connectivity index (χ3v) is 3.99. The molecule has 1 fully saturated rings. The van der Waals surface area contributed by atoms with Gasteiger partial charge < -0.3 is 5.32 Å². The summed E-state index contributed by atoms with van der Waals surface area (Å²) in [5.41, 5.74) is 1.28. The fourth-order valence-electron chi connectivity index (χ4n) is 2.59. The molecule has 0 aliphatic heterocycles. The summed E-state index contributed by atoms with van der Waals surface area (Å²) in [5.74, 6) is 0. The van der Waals surface area contributed by atoms with E-state index >= 15 is 0 Å². The van der Waals surface area contributed by atoms with Crippen LogP contribution in [0.5, 0.6) is 0 Å². The van der Waals surface area contributed by atoms with Crippen molar-refractivity contribution in [2.75, 3.05) is 6.54 Å². The van der Waals surface area contributed by atoms with Gasteiger partial charge >= 0.3 is 0 Å². The van der Waals surface area contributed by atoms with E-state index in [4.69, 9.17) is 11.6 Å². The van der Waals surface area contributed by atoms with Crippen molar-refractivity contribution in [3.63, 3.8) is 0 Å². The van der Waals surface area contributed by atoms with Crippen molar-refractivity contribution in [1.29, 1.82) is 0 Å². The quantitative estimate of drug-likeness (QED) is 0.774. The first-order chi connectivity index (χ1) is 8.36. The zero-order valence-corrected chi connectivity index (χ0v) is 11.2. The van der Waals surface area contributed by atoms with Crippen molar-refractivity contribution in [3.05, 3.63) is 34.9 Å². The van der Waals surface area contributed by atoms with Gasteiger partial charge in [-0.05, 0) is 43.9 Å². The average molecular weight is 252 g/mol. The van der Waals surface area contributed by atoms with Crippen molar-refractivity contribution in [2.45, 2.75) is 51.0 Å². The van der Waals surface area contributed by atoms with E-state index in [-0.39, 0.29) is 0 Å². The second kappa shape index (κ2) is 7.03. The highest BCUT2D eigenvalue weighted by Crippen LogP contribution is 2.18. The molecule has 17 heavy (non-hydrogen) atoms. The number of halogens is 1. The second-order valence-corrected chi connectivity index (χ2v) is 5.39. The van der Waals surface area contributed by atoms with Crippen LogP contribution in [0.3, 0.4) is 0 Å². The molecule has 0 radical (unpaired) electrons. The van der Waals surface area contributed by atoms with Crippen LogP contribution in [-0.4, -0.2) is 12.6 Å². The lowest BCUT2D eigenvalue weighted by atomic mass is 9.95. The van der Waals surface area contributed by atoms with E-state index in [1.165, 1.54) is 44.1 Å². The molecule has 2 rings (SSSR count). The van der Waals surface area contributed by atoms with Crippen LogP contribution in [0.25, 0.3) is 0 Å². The van der Waals surface area contributed by atoms with E-state index in [2.05, 4.69) is 17.4 Å². The van der Waals surface area contributed by atoms with Gasteiger partial charge in [-0.3, -0.25) is 0 Å². The van der Waals surface area contributed by atoms with Crippen LogP contribution in [-0.2, 0) is 6.42 Å². The second-order valence-electron chi connectivity index (χ2n) is 4.98. The van der Waals surface area contributed by atoms with Gasteiger partial charge in [-0.2, -0.15) is 0 Å². The smallest absolute Gasteiger partial charge is 0.0437 e. The number of benzene rings is 1. The first-order valence-electron chi connectivity index (χ1n) is 6.83. The Kier molecular flexibility index (Phi) is 5.34. The van der Waals surface area contributed by atoms with Gasteiger partial charge in [-0.15, -0.1) is 0 Å². The van der Waals surface area contributed by atoms with E-state index in [1.807, 2.05) is 12.1 Å². The van der Waals surface area contributed by atoms with E-state index in [9.17, 15) is 0 Å². The summed E-state index contributed by atoms with van der Waals surface area (Å²) in [7, 11) is 0. The first kappa shape index (κ1) is 12.9. The maximum absolute atomic E-state index is 6.13. The first-order valence-corrected chi connectivity index (χ1v) is 7.21. The number of hydrogen-bond donors (Lipinski definition) is 1. The van der Waals surface area contributed by atoms with E-state index in [1.54, 1.807) is 0 Å². The SMILES string of the molecule is Clc1ccccc1CCCNC1CCCCC1. The Morgan fingerprint density at radius 2 is 1.88 bits per heavy atom. The third-order valence-electron chi connectivity index (χ3n) is 3.62. The van der Waals surface area contributed by atoms with E-state index in [0.717, 1.165) is 24.0 Å². The normalized spacial score (nSPS) is 17.2. The Balaban J connectivity index is 1.64. The number of aryl methyl sites for hydroxylation is 1. The van der Waals surface area contributed by atoms with Crippen molar-refractivity contribution < 1.29 is 0 Å². The summed E-state index contributed by atoms with van der Waals surface area (Å²) < 4.78 is 0. The van der Waals surface area contributed by atoms with Gasteiger partial charge in [0, 0.05) is 11.1 Å². The number of nitrogens with one attached hydrogen (secondary N) is 1.